The van der Waals surface area contributed by atoms with E-state index in [1.807, 2.05) is 24.3 Å². The lowest BCUT2D eigenvalue weighted by molar-refractivity contribution is -0.895. The summed E-state index contributed by atoms with van der Waals surface area (Å²) in [6, 6.07) is 7.83. The molecule has 0 fully saturated rings. The first-order valence-electron chi connectivity index (χ1n) is 6.96. The molecule has 0 saturated heterocycles. The summed E-state index contributed by atoms with van der Waals surface area (Å²) < 4.78 is 1.05. The van der Waals surface area contributed by atoms with Crippen LogP contribution >= 0.6 is 22.9 Å². The van der Waals surface area contributed by atoms with E-state index in [2.05, 4.69) is 19.2 Å². The molecule has 20 heavy (non-hydrogen) atoms. The zero-order chi connectivity index (χ0) is 14.5. The van der Waals surface area contributed by atoms with Crippen LogP contribution < -0.4 is 10.2 Å². The zero-order valence-corrected chi connectivity index (χ0v) is 13.4. The molecule has 0 spiro atoms. The number of hydrogen-bond acceptors (Lipinski definition) is 2. The van der Waals surface area contributed by atoms with Crippen molar-refractivity contribution in [1.82, 2.24) is 5.32 Å². The van der Waals surface area contributed by atoms with E-state index in [9.17, 15) is 4.79 Å². The fourth-order valence-corrected chi connectivity index (χ4v) is 3.63. The maximum atomic E-state index is 12.2. The van der Waals surface area contributed by atoms with Gasteiger partial charge >= 0.3 is 0 Å². The van der Waals surface area contributed by atoms with Gasteiger partial charge in [-0.2, -0.15) is 0 Å². The number of rotatable bonds is 6. The fourth-order valence-electron chi connectivity index (χ4n) is 2.20. The molecular weight excluding hydrogens is 292 g/mol. The Morgan fingerprint density at radius 1 is 1.30 bits per heavy atom. The molecule has 5 heteroatoms. The summed E-state index contributed by atoms with van der Waals surface area (Å²) in [7, 11) is 0. The number of amides is 1. The van der Waals surface area contributed by atoms with E-state index in [1.54, 1.807) is 0 Å². The van der Waals surface area contributed by atoms with E-state index in [-0.39, 0.29) is 5.91 Å². The molecule has 1 aromatic carbocycles. The number of carbonyl (C=O) groups excluding carboxylic acids is 1. The highest BCUT2D eigenvalue weighted by molar-refractivity contribution is 7.21. The number of likely N-dealkylation sites (N-methyl/N-ethyl adjacent to an activating group) is 1. The van der Waals surface area contributed by atoms with Gasteiger partial charge < -0.3 is 10.2 Å². The smallest absolute Gasteiger partial charge is 0.263 e. The third-order valence-electron chi connectivity index (χ3n) is 3.51. The van der Waals surface area contributed by atoms with Crippen molar-refractivity contribution >= 4 is 38.9 Å². The van der Waals surface area contributed by atoms with Crippen LogP contribution in [0.4, 0.5) is 0 Å². The standard InChI is InChI=1S/C15H19ClN2OS/c1-3-18(4-2)10-9-17-15(19)14-13(16)11-7-5-6-8-12(11)20-14/h5-8H,3-4,9-10H2,1-2H3,(H,17,19)/p+1. The van der Waals surface area contributed by atoms with Crippen LogP contribution in [0.25, 0.3) is 10.1 Å². The van der Waals surface area contributed by atoms with Crippen molar-refractivity contribution in [3.8, 4) is 0 Å². The molecule has 3 nitrogen and oxygen atoms in total. The molecule has 0 bridgehead atoms. The van der Waals surface area contributed by atoms with Crippen molar-refractivity contribution in [3.05, 3.63) is 34.2 Å². The van der Waals surface area contributed by atoms with E-state index in [1.165, 1.54) is 16.2 Å². The molecule has 0 saturated carbocycles. The first-order valence-corrected chi connectivity index (χ1v) is 8.15. The molecule has 1 amide bonds. The van der Waals surface area contributed by atoms with Crippen LogP contribution in [0.2, 0.25) is 5.02 Å². The van der Waals surface area contributed by atoms with Crippen LogP contribution in [-0.4, -0.2) is 32.1 Å². The van der Waals surface area contributed by atoms with Crippen molar-refractivity contribution in [2.75, 3.05) is 26.2 Å². The Labute approximate surface area is 128 Å². The summed E-state index contributed by atoms with van der Waals surface area (Å²) >= 11 is 7.74. The number of halogens is 1. The summed E-state index contributed by atoms with van der Waals surface area (Å²) in [6.07, 6.45) is 0. The molecule has 1 heterocycles. The highest BCUT2D eigenvalue weighted by Crippen LogP contribution is 2.34. The quantitative estimate of drug-likeness (QED) is 0.842. The number of hydrogen-bond donors (Lipinski definition) is 2. The molecular formula is C15H20ClN2OS+. The van der Waals surface area contributed by atoms with E-state index < -0.39 is 0 Å². The molecule has 108 valence electrons. The van der Waals surface area contributed by atoms with Crippen LogP contribution in [0.5, 0.6) is 0 Å². The van der Waals surface area contributed by atoms with Gasteiger partial charge in [0, 0.05) is 10.1 Å². The van der Waals surface area contributed by atoms with Gasteiger partial charge in [-0.15, -0.1) is 11.3 Å². The Kier molecular flexibility index (Phi) is 5.40. The molecule has 2 aromatic rings. The van der Waals surface area contributed by atoms with Gasteiger partial charge in [-0.1, -0.05) is 29.8 Å². The molecule has 0 atom stereocenters. The van der Waals surface area contributed by atoms with Crippen LogP contribution in [0, 0.1) is 0 Å². The van der Waals surface area contributed by atoms with E-state index in [0.717, 1.165) is 29.7 Å². The van der Waals surface area contributed by atoms with Gasteiger partial charge in [-0.25, -0.2) is 0 Å². The Bertz CT molecular complexity index is 593. The van der Waals surface area contributed by atoms with E-state index >= 15 is 0 Å². The van der Waals surface area contributed by atoms with E-state index in [0.29, 0.717) is 16.4 Å². The van der Waals surface area contributed by atoms with E-state index in [4.69, 9.17) is 11.6 Å². The number of benzene rings is 1. The van der Waals surface area contributed by atoms with Crippen LogP contribution in [-0.2, 0) is 0 Å². The van der Waals surface area contributed by atoms with Crippen molar-refractivity contribution in [3.63, 3.8) is 0 Å². The maximum Gasteiger partial charge on any atom is 0.263 e. The summed E-state index contributed by atoms with van der Waals surface area (Å²) in [6.45, 7) is 8.10. The summed E-state index contributed by atoms with van der Waals surface area (Å²) in [5.41, 5.74) is 0. The van der Waals surface area contributed by atoms with Crippen molar-refractivity contribution in [2.24, 2.45) is 0 Å². The lowest BCUT2D eigenvalue weighted by Crippen LogP contribution is -3.12. The topological polar surface area (TPSA) is 33.5 Å². The highest BCUT2D eigenvalue weighted by Gasteiger charge is 2.16. The Morgan fingerprint density at radius 2 is 2.00 bits per heavy atom. The van der Waals surface area contributed by atoms with Crippen molar-refractivity contribution in [2.45, 2.75) is 13.8 Å². The molecule has 2 N–H and O–H groups in total. The minimum atomic E-state index is -0.0669. The van der Waals surface area contributed by atoms with Crippen molar-refractivity contribution in [1.29, 1.82) is 0 Å². The van der Waals surface area contributed by atoms with Crippen LogP contribution in [0.15, 0.2) is 24.3 Å². The zero-order valence-electron chi connectivity index (χ0n) is 11.8. The minimum Gasteiger partial charge on any atom is -0.346 e. The Morgan fingerprint density at radius 3 is 2.65 bits per heavy atom. The van der Waals surface area contributed by atoms with Gasteiger partial charge in [0.05, 0.1) is 31.2 Å². The lowest BCUT2D eigenvalue weighted by Gasteiger charge is -2.15. The second-order valence-electron chi connectivity index (χ2n) is 4.70. The summed E-state index contributed by atoms with van der Waals surface area (Å²) in [4.78, 5) is 14.3. The summed E-state index contributed by atoms with van der Waals surface area (Å²) in [5, 5.41) is 4.49. The van der Waals surface area contributed by atoms with Gasteiger partial charge in [0.1, 0.15) is 4.88 Å². The Balaban J connectivity index is 2.03. The highest BCUT2D eigenvalue weighted by atomic mass is 35.5. The SMILES string of the molecule is CC[NH+](CC)CCNC(=O)c1sc2ccccc2c1Cl. The summed E-state index contributed by atoms with van der Waals surface area (Å²) in [5.74, 6) is -0.0669. The number of fused-ring (bicyclic) bond motifs is 1. The lowest BCUT2D eigenvalue weighted by atomic mass is 10.2. The maximum absolute atomic E-state index is 12.2. The predicted molar refractivity (Wildman–Crippen MR) is 86.1 cm³/mol. The van der Waals surface area contributed by atoms with Gasteiger partial charge in [-0.05, 0) is 19.9 Å². The van der Waals surface area contributed by atoms with Gasteiger partial charge in [-0.3, -0.25) is 4.79 Å². The third-order valence-corrected chi connectivity index (χ3v) is 5.18. The fraction of sp³-hybridized carbons (Fsp3) is 0.400. The third kappa shape index (κ3) is 3.32. The van der Waals surface area contributed by atoms with Crippen LogP contribution in [0.1, 0.15) is 23.5 Å². The number of carbonyl (C=O) groups is 1. The molecule has 0 aliphatic carbocycles. The minimum absolute atomic E-state index is 0.0669. The average Bonchev–Trinajstić information content (AvgIpc) is 2.81. The monoisotopic (exact) mass is 311 g/mol. The number of quaternary nitrogens is 1. The van der Waals surface area contributed by atoms with Gasteiger partial charge in [0.2, 0.25) is 0 Å². The largest absolute Gasteiger partial charge is 0.346 e. The first-order chi connectivity index (χ1) is 9.67. The second-order valence-corrected chi connectivity index (χ2v) is 6.13. The molecule has 2 rings (SSSR count). The molecule has 0 aliphatic heterocycles. The van der Waals surface area contributed by atoms with Gasteiger partial charge in [0.15, 0.2) is 0 Å². The second kappa shape index (κ2) is 7.07. The van der Waals surface area contributed by atoms with Gasteiger partial charge in [0.25, 0.3) is 5.91 Å². The normalized spacial score (nSPS) is 11.2. The molecule has 0 aliphatic rings. The average molecular weight is 312 g/mol. The molecule has 1 aromatic heterocycles. The number of nitrogens with one attached hydrogen (secondary N) is 2. The Hall–Kier alpha value is -1.10. The van der Waals surface area contributed by atoms with Crippen LogP contribution in [0.3, 0.4) is 0 Å². The number of thiophene rings is 1. The molecule has 0 unspecified atom stereocenters. The molecule has 0 radical (unpaired) electrons. The predicted octanol–water partition coefficient (Wildman–Crippen LogP) is 2.21. The van der Waals surface area contributed by atoms with Crippen molar-refractivity contribution < 1.29 is 9.69 Å². The first kappa shape index (κ1) is 15.3.